The van der Waals surface area contributed by atoms with E-state index in [4.69, 9.17) is 0 Å². The number of pyridine rings is 2. The van der Waals surface area contributed by atoms with E-state index in [1.807, 2.05) is 60.7 Å². The SMILES string of the molecule is CC(=O)N[C@@H](CCc1ccccc1)C(=O)NC(c1ccccc1)C(O)(c1cccnc1)c1cccnc1. The molecule has 0 aliphatic heterocycles. The molecule has 2 atom stereocenters. The van der Waals surface area contributed by atoms with Crippen LogP contribution in [0.3, 0.4) is 0 Å². The summed E-state index contributed by atoms with van der Waals surface area (Å²) in [6.07, 6.45) is 7.41. The van der Waals surface area contributed by atoms with Gasteiger partial charge in [-0.25, -0.2) is 0 Å². The highest BCUT2D eigenvalue weighted by Gasteiger charge is 2.43. The van der Waals surface area contributed by atoms with Crippen LogP contribution in [0.1, 0.15) is 41.6 Å². The fourth-order valence-corrected chi connectivity index (χ4v) is 4.46. The number of rotatable bonds is 10. The molecular weight excluding hydrogens is 464 g/mol. The summed E-state index contributed by atoms with van der Waals surface area (Å²) in [5.74, 6) is -0.703. The summed E-state index contributed by atoms with van der Waals surface area (Å²) in [5, 5.41) is 18.2. The number of carbonyl (C=O) groups excluding carboxylic acids is 2. The molecule has 3 N–H and O–H groups in total. The number of carbonyl (C=O) groups is 2. The summed E-state index contributed by atoms with van der Waals surface area (Å²) >= 11 is 0. The van der Waals surface area contributed by atoms with Gasteiger partial charge in [-0.05, 0) is 36.1 Å². The van der Waals surface area contributed by atoms with Gasteiger partial charge in [-0.3, -0.25) is 19.6 Å². The van der Waals surface area contributed by atoms with Crippen molar-refractivity contribution in [1.82, 2.24) is 20.6 Å². The van der Waals surface area contributed by atoms with E-state index >= 15 is 0 Å². The first kappa shape index (κ1) is 25.7. The molecule has 0 aliphatic rings. The van der Waals surface area contributed by atoms with E-state index in [0.717, 1.165) is 5.56 Å². The molecule has 2 aromatic heterocycles. The number of hydrogen-bond acceptors (Lipinski definition) is 5. The third-order valence-electron chi connectivity index (χ3n) is 6.30. The van der Waals surface area contributed by atoms with Crippen molar-refractivity contribution in [3.8, 4) is 0 Å². The second-order valence-electron chi connectivity index (χ2n) is 8.88. The van der Waals surface area contributed by atoms with Crippen LogP contribution in [-0.2, 0) is 21.6 Å². The third-order valence-corrected chi connectivity index (χ3v) is 6.30. The van der Waals surface area contributed by atoms with Crippen molar-refractivity contribution in [1.29, 1.82) is 0 Å². The highest BCUT2D eigenvalue weighted by atomic mass is 16.3. The fraction of sp³-hybridized carbons (Fsp3) is 0.200. The van der Waals surface area contributed by atoms with Crippen LogP contribution < -0.4 is 10.6 Å². The van der Waals surface area contributed by atoms with Gasteiger partial charge >= 0.3 is 0 Å². The molecule has 4 rings (SSSR count). The molecule has 2 amide bonds. The number of nitrogens with zero attached hydrogens (tertiary/aromatic N) is 2. The first-order valence-corrected chi connectivity index (χ1v) is 12.2. The van der Waals surface area contributed by atoms with E-state index in [-0.39, 0.29) is 5.91 Å². The number of nitrogens with one attached hydrogen (secondary N) is 2. The van der Waals surface area contributed by atoms with Crippen molar-refractivity contribution in [2.24, 2.45) is 0 Å². The molecule has 1 unspecified atom stereocenters. The van der Waals surface area contributed by atoms with Crippen LogP contribution in [-0.4, -0.2) is 32.9 Å². The van der Waals surface area contributed by atoms with E-state index in [0.29, 0.717) is 29.5 Å². The maximum absolute atomic E-state index is 13.7. The zero-order valence-corrected chi connectivity index (χ0v) is 20.6. The van der Waals surface area contributed by atoms with E-state index in [9.17, 15) is 14.7 Å². The summed E-state index contributed by atoms with van der Waals surface area (Å²) in [6.45, 7) is 1.39. The number of aromatic nitrogens is 2. The smallest absolute Gasteiger partial charge is 0.243 e. The summed E-state index contributed by atoms with van der Waals surface area (Å²) in [4.78, 5) is 34.2. The van der Waals surface area contributed by atoms with Gasteiger partial charge in [-0.1, -0.05) is 72.8 Å². The molecule has 0 saturated carbocycles. The largest absolute Gasteiger partial charge is 0.378 e. The van der Waals surface area contributed by atoms with E-state index in [1.165, 1.54) is 6.92 Å². The predicted molar refractivity (Wildman–Crippen MR) is 141 cm³/mol. The third kappa shape index (κ3) is 6.26. The van der Waals surface area contributed by atoms with Gasteiger partial charge in [0.1, 0.15) is 11.6 Å². The minimum atomic E-state index is -1.69. The Bertz CT molecular complexity index is 1250. The van der Waals surface area contributed by atoms with E-state index < -0.39 is 23.6 Å². The monoisotopic (exact) mass is 494 g/mol. The molecule has 0 radical (unpaired) electrons. The number of aliphatic hydroxyl groups is 1. The second-order valence-corrected chi connectivity index (χ2v) is 8.88. The van der Waals surface area contributed by atoms with Gasteiger partial charge in [0.25, 0.3) is 0 Å². The summed E-state index contributed by atoms with van der Waals surface area (Å²) in [7, 11) is 0. The van der Waals surface area contributed by atoms with Crippen molar-refractivity contribution >= 4 is 11.8 Å². The molecule has 2 aromatic carbocycles. The van der Waals surface area contributed by atoms with Gasteiger partial charge in [0, 0.05) is 42.8 Å². The van der Waals surface area contributed by atoms with Crippen molar-refractivity contribution < 1.29 is 14.7 Å². The van der Waals surface area contributed by atoms with Crippen molar-refractivity contribution in [3.05, 3.63) is 132 Å². The van der Waals surface area contributed by atoms with Gasteiger partial charge in [0.15, 0.2) is 0 Å². The van der Waals surface area contributed by atoms with Gasteiger partial charge in [0.05, 0.1) is 6.04 Å². The molecule has 0 bridgehead atoms. The molecule has 0 aliphatic carbocycles. The van der Waals surface area contributed by atoms with Crippen LogP contribution in [0.15, 0.2) is 110 Å². The Balaban J connectivity index is 1.73. The Morgan fingerprint density at radius 1 is 0.811 bits per heavy atom. The van der Waals surface area contributed by atoms with Crippen LogP contribution in [0.2, 0.25) is 0 Å². The molecule has 7 nitrogen and oxygen atoms in total. The first-order valence-electron chi connectivity index (χ1n) is 12.2. The molecule has 37 heavy (non-hydrogen) atoms. The van der Waals surface area contributed by atoms with Crippen LogP contribution in [0.4, 0.5) is 0 Å². The summed E-state index contributed by atoms with van der Waals surface area (Å²) < 4.78 is 0. The Kier molecular flexibility index (Phi) is 8.38. The zero-order valence-electron chi connectivity index (χ0n) is 20.6. The Morgan fingerprint density at radius 3 is 1.89 bits per heavy atom. The van der Waals surface area contributed by atoms with Crippen molar-refractivity contribution in [2.45, 2.75) is 37.5 Å². The molecule has 2 heterocycles. The van der Waals surface area contributed by atoms with Crippen LogP contribution >= 0.6 is 0 Å². The van der Waals surface area contributed by atoms with E-state index in [1.54, 1.807) is 49.1 Å². The average Bonchev–Trinajstić information content (AvgIpc) is 2.95. The molecule has 4 aromatic rings. The molecule has 0 spiro atoms. The van der Waals surface area contributed by atoms with Crippen LogP contribution in [0, 0.1) is 0 Å². The summed E-state index contributed by atoms with van der Waals surface area (Å²) in [5.41, 5.74) is 1.05. The normalized spacial score (nSPS) is 12.8. The fourth-order valence-electron chi connectivity index (χ4n) is 4.46. The average molecular weight is 495 g/mol. The van der Waals surface area contributed by atoms with Gasteiger partial charge in [0.2, 0.25) is 11.8 Å². The Labute approximate surface area is 216 Å². The van der Waals surface area contributed by atoms with Gasteiger partial charge in [-0.2, -0.15) is 0 Å². The number of aryl methyl sites for hydroxylation is 1. The number of amides is 2. The minimum absolute atomic E-state index is 0.306. The van der Waals surface area contributed by atoms with E-state index in [2.05, 4.69) is 20.6 Å². The lowest BCUT2D eigenvalue weighted by Crippen LogP contribution is -2.52. The lowest BCUT2D eigenvalue weighted by Gasteiger charge is -2.38. The zero-order chi connectivity index (χ0) is 26.1. The number of benzene rings is 2. The lowest BCUT2D eigenvalue weighted by molar-refractivity contribution is -0.130. The highest BCUT2D eigenvalue weighted by molar-refractivity contribution is 5.87. The molecule has 188 valence electrons. The van der Waals surface area contributed by atoms with Gasteiger partial charge in [-0.15, -0.1) is 0 Å². The molecule has 0 fully saturated rings. The molecule has 0 saturated heterocycles. The van der Waals surface area contributed by atoms with Crippen LogP contribution in [0.25, 0.3) is 0 Å². The first-order chi connectivity index (χ1) is 18.0. The second kappa shape index (κ2) is 12.1. The topological polar surface area (TPSA) is 104 Å². The molecule has 7 heteroatoms. The van der Waals surface area contributed by atoms with Crippen molar-refractivity contribution in [2.75, 3.05) is 0 Å². The van der Waals surface area contributed by atoms with Crippen molar-refractivity contribution in [3.63, 3.8) is 0 Å². The Hall–Kier alpha value is -4.36. The minimum Gasteiger partial charge on any atom is -0.378 e. The predicted octanol–water partition coefficient (Wildman–Crippen LogP) is 3.71. The van der Waals surface area contributed by atoms with Gasteiger partial charge < -0.3 is 15.7 Å². The number of hydrogen-bond donors (Lipinski definition) is 3. The lowest BCUT2D eigenvalue weighted by atomic mass is 9.78. The maximum Gasteiger partial charge on any atom is 0.243 e. The van der Waals surface area contributed by atoms with Crippen LogP contribution in [0.5, 0.6) is 0 Å². The Morgan fingerprint density at radius 2 is 1.38 bits per heavy atom. The quantitative estimate of drug-likeness (QED) is 0.312. The maximum atomic E-state index is 13.7. The standard InChI is InChI=1S/C30H30N4O3/c1-22(35)33-27(17-16-23-10-4-2-5-11-23)29(36)34-28(24-12-6-3-7-13-24)30(37,25-14-8-18-31-20-25)26-15-9-19-32-21-26/h2-15,18-21,27-28,37H,16-17H2,1H3,(H,33,35)(H,34,36)/t27-,28?/m0/s1. The molecular formula is C30H30N4O3. The highest BCUT2D eigenvalue weighted by Crippen LogP contribution is 2.40. The summed E-state index contributed by atoms with van der Waals surface area (Å²) in [6, 6.07) is 24.4.